The van der Waals surface area contributed by atoms with Gasteiger partial charge in [0.15, 0.2) is 0 Å². The van der Waals surface area contributed by atoms with Crippen molar-refractivity contribution in [1.29, 1.82) is 0 Å². The van der Waals surface area contributed by atoms with Gasteiger partial charge in [-0.05, 0) is 41.8 Å². The Labute approximate surface area is 131 Å². The summed E-state index contributed by atoms with van der Waals surface area (Å²) in [7, 11) is 0. The van der Waals surface area contributed by atoms with Gasteiger partial charge in [0.25, 0.3) is 0 Å². The van der Waals surface area contributed by atoms with Crippen molar-refractivity contribution in [3.63, 3.8) is 0 Å². The summed E-state index contributed by atoms with van der Waals surface area (Å²) in [6, 6.07) is 6.82. The molecule has 2 heteroatoms. The Morgan fingerprint density at radius 2 is 1.60 bits per heavy atom. The largest absolute Gasteiger partial charge is 0.152 e. The Hall–Kier alpha value is -0.600. The molecule has 0 radical (unpaired) electrons. The van der Waals surface area contributed by atoms with Gasteiger partial charge in [-0.25, -0.2) is 0 Å². The van der Waals surface area contributed by atoms with E-state index in [-0.39, 0.29) is 0 Å². The fourth-order valence-corrected chi connectivity index (χ4v) is 4.28. The van der Waals surface area contributed by atoms with E-state index in [1.165, 1.54) is 68.2 Å². The van der Waals surface area contributed by atoms with Gasteiger partial charge in [0.1, 0.15) is 0 Å². The van der Waals surface area contributed by atoms with Crippen LogP contribution in [-0.4, -0.2) is 0 Å². The minimum Gasteiger partial charge on any atom is -0.152 e. The maximum absolute atomic E-state index is 2.32. The van der Waals surface area contributed by atoms with Crippen LogP contribution >= 0.6 is 22.7 Å². The van der Waals surface area contributed by atoms with Crippen molar-refractivity contribution >= 4 is 22.7 Å². The van der Waals surface area contributed by atoms with Crippen molar-refractivity contribution < 1.29 is 0 Å². The van der Waals surface area contributed by atoms with Gasteiger partial charge >= 0.3 is 0 Å². The van der Waals surface area contributed by atoms with Crippen molar-refractivity contribution in [2.45, 2.75) is 64.7 Å². The Bertz CT molecular complexity index is 453. The average Bonchev–Trinajstić information content (AvgIpc) is 3.12. The zero-order valence-corrected chi connectivity index (χ0v) is 14.2. The van der Waals surface area contributed by atoms with Crippen LogP contribution in [0.5, 0.6) is 0 Å². The molecule has 2 rings (SSSR count). The Balaban J connectivity index is 1.58. The molecular weight excluding hydrogens is 280 g/mol. The SMILES string of the molecule is CCCCCCCCCCc1ccc(-c2ccsc2)s1. The summed E-state index contributed by atoms with van der Waals surface area (Å²) in [5.41, 5.74) is 1.39. The monoisotopic (exact) mass is 306 g/mol. The normalized spacial score (nSPS) is 11.1. The van der Waals surface area contributed by atoms with E-state index in [1.807, 2.05) is 11.3 Å². The van der Waals surface area contributed by atoms with Gasteiger partial charge in [-0.1, -0.05) is 51.9 Å². The standard InChI is InChI=1S/C18H26S2/c1-2-3-4-5-6-7-8-9-10-17-11-12-18(20-17)16-13-14-19-15-16/h11-15H,2-10H2,1H3. The highest BCUT2D eigenvalue weighted by Crippen LogP contribution is 2.30. The van der Waals surface area contributed by atoms with Crippen LogP contribution in [0.4, 0.5) is 0 Å². The van der Waals surface area contributed by atoms with Crippen LogP contribution < -0.4 is 0 Å². The molecule has 0 aromatic carbocycles. The second kappa shape index (κ2) is 9.36. The summed E-state index contributed by atoms with van der Waals surface area (Å²) >= 11 is 3.75. The lowest BCUT2D eigenvalue weighted by atomic mass is 10.1. The fraction of sp³-hybridized carbons (Fsp3) is 0.556. The number of thiophene rings is 2. The molecule has 0 atom stereocenters. The summed E-state index contributed by atoms with van der Waals surface area (Å²) in [5, 5.41) is 4.40. The molecule has 0 saturated heterocycles. The van der Waals surface area contributed by atoms with Crippen molar-refractivity contribution in [3.05, 3.63) is 33.8 Å². The van der Waals surface area contributed by atoms with Crippen LogP contribution in [0.3, 0.4) is 0 Å². The number of aryl methyl sites for hydroxylation is 1. The van der Waals surface area contributed by atoms with E-state index in [0.29, 0.717) is 0 Å². The Kier molecular flexibility index (Phi) is 7.38. The topological polar surface area (TPSA) is 0 Å². The van der Waals surface area contributed by atoms with E-state index >= 15 is 0 Å². The van der Waals surface area contributed by atoms with Gasteiger partial charge in [0.2, 0.25) is 0 Å². The molecule has 0 aliphatic carbocycles. The van der Waals surface area contributed by atoms with E-state index in [2.05, 4.69) is 35.9 Å². The number of rotatable bonds is 10. The predicted molar refractivity (Wildman–Crippen MR) is 93.9 cm³/mol. The van der Waals surface area contributed by atoms with E-state index in [0.717, 1.165) is 0 Å². The molecule has 0 saturated carbocycles. The van der Waals surface area contributed by atoms with E-state index < -0.39 is 0 Å². The van der Waals surface area contributed by atoms with E-state index in [1.54, 1.807) is 16.2 Å². The van der Waals surface area contributed by atoms with Crippen LogP contribution in [0.2, 0.25) is 0 Å². The zero-order chi connectivity index (χ0) is 14.0. The Morgan fingerprint density at radius 3 is 2.30 bits per heavy atom. The van der Waals surface area contributed by atoms with Gasteiger partial charge in [0.05, 0.1) is 0 Å². The summed E-state index contributed by atoms with van der Waals surface area (Å²) in [6.07, 6.45) is 12.5. The predicted octanol–water partition coefficient (Wildman–Crippen LogP) is 7.16. The maximum Gasteiger partial charge on any atom is 0.0353 e. The molecule has 0 bridgehead atoms. The van der Waals surface area contributed by atoms with Crippen molar-refractivity contribution in [1.82, 2.24) is 0 Å². The molecular formula is C18H26S2. The van der Waals surface area contributed by atoms with E-state index in [4.69, 9.17) is 0 Å². The van der Waals surface area contributed by atoms with Crippen molar-refractivity contribution in [2.75, 3.05) is 0 Å². The average molecular weight is 307 g/mol. The first-order valence-corrected chi connectivity index (χ1v) is 9.77. The first-order valence-electron chi connectivity index (χ1n) is 8.01. The van der Waals surface area contributed by atoms with Gasteiger partial charge in [0, 0.05) is 15.3 Å². The molecule has 20 heavy (non-hydrogen) atoms. The molecule has 0 unspecified atom stereocenters. The summed E-state index contributed by atoms with van der Waals surface area (Å²) in [4.78, 5) is 2.98. The first-order chi connectivity index (χ1) is 9.90. The number of hydrogen-bond donors (Lipinski definition) is 0. The van der Waals surface area contributed by atoms with Crippen molar-refractivity contribution in [3.8, 4) is 10.4 Å². The van der Waals surface area contributed by atoms with Crippen LogP contribution in [0, 0.1) is 0 Å². The third kappa shape index (κ3) is 5.41. The van der Waals surface area contributed by atoms with Crippen LogP contribution in [0.25, 0.3) is 10.4 Å². The third-order valence-corrected chi connectivity index (χ3v) is 5.62. The Morgan fingerprint density at radius 1 is 0.850 bits per heavy atom. The van der Waals surface area contributed by atoms with E-state index in [9.17, 15) is 0 Å². The highest BCUT2D eigenvalue weighted by molar-refractivity contribution is 7.16. The molecule has 2 heterocycles. The molecule has 2 aromatic rings. The van der Waals surface area contributed by atoms with Crippen LogP contribution in [0.1, 0.15) is 63.2 Å². The highest BCUT2D eigenvalue weighted by atomic mass is 32.1. The second-order valence-electron chi connectivity index (χ2n) is 5.50. The minimum absolute atomic E-state index is 1.27. The maximum atomic E-state index is 2.32. The lowest BCUT2D eigenvalue weighted by molar-refractivity contribution is 0.576. The highest BCUT2D eigenvalue weighted by Gasteiger charge is 2.03. The zero-order valence-electron chi connectivity index (χ0n) is 12.6. The smallest absolute Gasteiger partial charge is 0.0353 e. The number of hydrogen-bond acceptors (Lipinski definition) is 2. The lowest BCUT2D eigenvalue weighted by Gasteiger charge is -2.00. The molecule has 2 aromatic heterocycles. The summed E-state index contributed by atoms with van der Waals surface area (Å²) < 4.78 is 0. The van der Waals surface area contributed by atoms with Gasteiger partial charge in [-0.15, -0.1) is 11.3 Å². The summed E-state index contributed by atoms with van der Waals surface area (Å²) in [5.74, 6) is 0. The molecule has 0 fully saturated rings. The van der Waals surface area contributed by atoms with Crippen LogP contribution in [0.15, 0.2) is 29.0 Å². The summed E-state index contributed by atoms with van der Waals surface area (Å²) in [6.45, 7) is 2.28. The molecule has 0 aliphatic rings. The quantitative estimate of drug-likeness (QED) is 0.408. The number of unbranched alkanes of at least 4 members (excludes halogenated alkanes) is 7. The molecule has 0 spiro atoms. The molecule has 0 N–H and O–H groups in total. The molecule has 110 valence electrons. The van der Waals surface area contributed by atoms with Crippen molar-refractivity contribution in [2.24, 2.45) is 0 Å². The minimum atomic E-state index is 1.27. The van der Waals surface area contributed by atoms with Gasteiger partial charge in [-0.3, -0.25) is 0 Å². The second-order valence-corrected chi connectivity index (χ2v) is 7.45. The molecule has 0 amide bonds. The fourth-order valence-electron chi connectivity index (χ4n) is 2.51. The molecule has 0 aliphatic heterocycles. The van der Waals surface area contributed by atoms with Gasteiger partial charge < -0.3 is 0 Å². The third-order valence-electron chi connectivity index (χ3n) is 3.74. The van der Waals surface area contributed by atoms with Crippen LogP contribution in [-0.2, 0) is 6.42 Å². The lowest BCUT2D eigenvalue weighted by Crippen LogP contribution is -1.83. The van der Waals surface area contributed by atoms with Gasteiger partial charge in [-0.2, -0.15) is 11.3 Å². The first kappa shape index (κ1) is 15.8. The molecule has 0 nitrogen and oxygen atoms in total.